The fourth-order valence-corrected chi connectivity index (χ4v) is 3.94. The Morgan fingerprint density at radius 3 is 2.52 bits per heavy atom. The second kappa shape index (κ2) is 4.85. The zero-order valence-electron chi connectivity index (χ0n) is 14.9. The predicted molar refractivity (Wildman–Crippen MR) is 104 cm³/mol. The largest absolute Gasteiger partial charge is 0.463 e. The minimum Gasteiger partial charge on any atom is -0.463 e. The fourth-order valence-electron chi connectivity index (χ4n) is 3.94. The van der Waals surface area contributed by atoms with E-state index in [4.69, 9.17) is 9.40 Å². The number of nitrogens with one attached hydrogen (secondary N) is 1. The average molecular weight is 328 g/mol. The van der Waals surface area contributed by atoms with Crippen LogP contribution in [0.3, 0.4) is 0 Å². The van der Waals surface area contributed by atoms with Crippen LogP contribution >= 0.6 is 0 Å². The number of furan rings is 1. The minimum absolute atomic E-state index is 0.349. The zero-order valence-corrected chi connectivity index (χ0v) is 14.9. The van der Waals surface area contributed by atoms with Crippen molar-refractivity contribution in [2.45, 2.75) is 33.6 Å². The molecule has 124 valence electrons. The van der Waals surface area contributed by atoms with Crippen molar-refractivity contribution in [3.05, 3.63) is 53.5 Å². The number of fused-ring (bicyclic) bond motifs is 8. The lowest BCUT2D eigenvalue weighted by molar-refractivity contribution is 0.616. The van der Waals surface area contributed by atoms with Crippen LogP contribution in [0.5, 0.6) is 0 Å². The SMILES string of the molecule is Cc1cccc2c1ccc1c3occ(C)c3c3[nH]c(C(C)C)nc3c21. The van der Waals surface area contributed by atoms with Crippen LogP contribution in [0.2, 0.25) is 0 Å². The number of nitrogens with zero attached hydrogens (tertiary/aromatic N) is 1. The first kappa shape index (κ1) is 14.5. The van der Waals surface area contributed by atoms with Crippen LogP contribution in [-0.2, 0) is 0 Å². The Labute approximate surface area is 145 Å². The number of imidazole rings is 1. The molecule has 3 heteroatoms. The molecule has 0 aliphatic heterocycles. The van der Waals surface area contributed by atoms with E-state index >= 15 is 0 Å². The second-order valence-corrected chi connectivity index (χ2v) is 7.28. The highest BCUT2D eigenvalue weighted by Crippen LogP contribution is 2.40. The normalized spacial score (nSPS) is 12.4. The lowest BCUT2D eigenvalue weighted by Gasteiger charge is -2.08. The van der Waals surface area contributed by atoms with Gasteiger partial charge in [0.25, 0.3) is 0 Å². The number of H-pyrrole nitrogens is 1. The number of benzene rings is 3. The van der Waals surface area contributed by atoms with Gasteiger partial charge in [0, 0.05) is 22.1 Å². The molecule has 3 nitrogen and oxygen atoms in total. The van der Waals surface area contributed by atoms with Crippen LogP contribution in [0.1, 0.15) is 36.7 Å². The number of rotatable bonds is 1. The number of hydrogen-bond acceptors (Lipinski definition) is 2. The predicted octanol–water partition coefficient (Wildman–Crippen LogP) is 6.36. The van der Waals surface area contributed by atoms with Gasteiger partial charge in [-0.1, -0.05) is 38.1 Å². The second-order valence-electron chi connectivity index (χ2n) is 7.28. The quantitative estimate of drug-likeness (QED) is 0.364. The van der Waals surface area contributed by atoms with Crippen LogP contribution < -0.4 is 0 Å². The molecule has 0 bridgehead atoms. The van der Waals surface area contributed by atoms with Gasteiger partial charge in [0.15, 0.2) is 0 Å². The molecule has 2 heterocycles. The van der Waals surface area contributed by atoms with Gasteiger partial charge in [0.1, 0.15) is 11.4 Å². The molecular formula is C22H20N2O. The topological polar surface area (TPSA) is 41.8 Å². The molecule has 0 amide bonds. The molecule has 0 spiro atoms. The van der Waals surface area contributed by atoms with E-state index < -0.39 is 0 Å². The molecule has 1 N–H and O–H groups in total. The summed E-state index contributed by atoms with van der Waals surface area (Å²) in [4.78, 5) is 8.56. The summed E-state index contributed by atoms with van der Waals surface area (Å²) >= 11 is 0. The zero-order chi connectivity index (χ0) is 17.3. The number of aromatic amines is 1. The van der Waals surface area contributed by atoms with Crippen LogP contribution in [0, 0.1) is 13.8 Å². The summed E-state index contributed by atoms with van der Waals surface area (Å²) in [5, 5.41) is 5.97. The summed E-state index contributed by atoms with van der Waals surface area (Å²) in [6, 6.07) is 10.8. The summed E-state index contributed by atoms with van der Waals surface area (Å²) in [5.74, 6) is 1.37. The Hall–Kier alpha value is -2.81. The monoisotopic (exact) mass is 328 g/mol. The minimum atomic E-state index is 0.349. The number of aryl methyl sites for hydroxylation is 2. The Kier molecular flexibility index (Phi) is 2.82. The molecule has 5 rings (SSSR count). The lowest BCUT2D eigenvalue weighted by atomic mass is 9.96. The maximum atomic E-state index is 5.97. The molecule has 0 unspecified atom stereocenters. The first-order valence-electron chi connectivity index (χ1n) is 8.77. The molecule has 0 aliphatic carbocycles. The summed E-state index contributed by atoms with van der Waals surface area (Å²) in [5.41, 5.74) is 5.51. The van der Waals surface area contributed by atoms with Crippen molar-refractivity contribution in [3.63, 3.8) is 0 Å². The maximum Gasteiger partial charge on any atom is 0.144 e. The Bertz CT molecular complexity index is 1290. The van der Waals surface area contributed by atoms with Crippen molar-refractivity contribution >= 4 is 43.5 Å². The molecule has 3 aromatic carbocycles. The lowest BCUT2D eigenvalue weighted by Crippen LogP contribution is -1.88. The van der Waals surface area contributed by atoms with Crippen molar-refractivity contribution in [2.24, 2.45) is 0 Å². The Balaban J connectivity index is 2.15. The Morgan fingerprint density at radius 2 is 1.72 bits per heavy atom. The van der Waals surface area contributed by atoms with E-state index in [1.165, 1.54) is 21.7 Å². The third-order valence-corrected chi connectivity index (χ3v) is 5.25. The fraction of sp³-hybridized carbons (Fsp3) is 0.227. The van der Waals surface area contributed by atoms with Gasteiger partial charge in [-0.25, -0.2) is 4.98 Å². The van der Waals surface area contributed by atoms with Gasteiger partial charge in [0.05, 0.1) is 17.3 Å². The third kappa shape index (κ3) is 1.84. The van der Waals surface area contributed by atoms with E-state index in [-0.39, 0.29) is 0 Å². The summed E-state index contributed by atoms with van der Waals surface area (Å²) in [6.07, 6.45) is 1.85. The average Bonchev–Trinajstić information content (AvgIpc) is 3.19. The number of hydrogen-bond donors (Lipinski definition) is 1. The maximum absolute atomic E-state index is 5.97. The molecule has 5 aromatic rings. The summed E-state index contributed by atoms with van der Waals surface area (Å²) in [7, 11) is 0. The van der Waals surface area contributed by atoms with Crippen molar-refractivity contribution in [1.82, 2.24) is 9.97 Å². The standard InChI is InChI=1S/C22H20N2O/c1-11(2)22-23-19-17-13(4)10-25-21(17)16-9-8-14-12(3)6-5-7-15(14)18(16)20(19)24-22/h5-11H,1-4H3,(H,23,24). The van der Waals surface area contributed by atoms with Gasteiger partial charge in [-0.2, -0.15) is 0 Å². The van der Waals surface area contributed by atoms with Crippen LogP contribution in [0.4, 0.5) is 0 Å². The first-order valence-corrected chi connectivity index (χ1v) is 8.77. The van der Waals surface area contributed by atoms with E-state index in [0.29, 0.717) is 5.92 Å². The van der Waals surface area contributed by atoms with E-state index in [9.17, 15) is 0 Å². The number of aromatic nitrogens is 2. The smallest absolute Gasteiger partial charge is 0.144 e. The van der Waals surface area contributed by atoms with Gasteiger partial charge in [-0.05, 0) is 41.8 Å². The molecule has 0 aliphatic rings. The first-order chi connectivity index (χ1) is 12.1. The Morgan fingerprint density at radius 1 is 0.920 bits per heavy atom. The van der Waals surface area contributed by atoms with Gasteiger partial charge in [-0.3, -0.25) is 0 Å². The van der Waals surface area contributed by atoms with Crippen molar-refractivity contribution in [2.75, 3.05) is 0 Å². The van der Waals surface area contributed by atoms with Crippen LogP contribution in [-0.4, -0.2) is 9.97 Å². The van der Waals surface area contributed by atoms with E-state index in [1.807, 2.05) is 6.26 Å². The molecule has 25 heavy (non-hydrogen) atoms. The van der Waals surface area contributed by atoms with E-state index in [1.54, 1.807) is 0 Å². The highest BCUT2D eigenvalue weighted by molar-refractivity contribution is 6.29. The molecule has 0 saturated carbocycles. The van der Waals surface area contributed by atoms with Crippen LogP contribution in [0.25, 0.3) is 43.5 Å². The molecule has 0 atom stereocenters. The molecule has 2 aromatic heterocycles. The molecule has 0 saturated heterocycles. The highest BCUT2D eigenvalue weighted by atomic mass is 16.3. The van der Waals surface area contributed by atoms with Gasteiger partial charge >= 0.3 is 0 Å². The molecular weight excluding hydrogens is 308 g/mol. The van der Waals surface area contributed by atoms with Crippen molar-refractivity contribution < 1.29 is 4.42 Å². The van der Waals surface area contributed by atoms with Crippen molar-refractivity contribution in [1.29, 1.82) is 0 Å². The van der Waals surface area contributed by atoms with Gasteiger partial charge in [0.2, 0.25) is 0 Å². The van der Waals surface area contributed by atoms with Gasteiger partial charge in [-0.15, -0.1) is 0 Å². The van der Waals surface area contributed by atoms with E-state index in [0.717, 1.165) is 38.8 Å². The highest BCUT2D eigenvalue weighted by Gasteiger charge is 2.19. The summed E-state index contributed by atoms with van der Waals surface area (Å²) in [6.45, 7) is 8.59. The summed E-state index contributed by atoms with van der Waals surface area (Å²) < 4.78 is 5.97. The third-order valence-electron chi connectivity index (χ3n) is 5.25. The molecule has 0 radical (unpaired) electrons. The van der Waals surface area contributed by atoms with Crippen molar-refractivity contribution in [3.8, 4) is 0 Å². The van der Waals surface area contributed by atoms with E-state index in [2.05, 4.69) is 63.0 Å². The van der Waals surface area contributed by atoms with Gasteiger partial charge < -0.3 is 9.40 Å². The molecule has 0 fully saturated rings. The van der Waals surface area contributed by atoms with Crippen LogP contribution in [0.15, 0.2) is 41.0 Å².